The molecule has 5 rings (SSSR count). The van der Waals surface area contributed by atoms with E-state index in [0.717, 1.165) is 11.1 Å². The molecule has 0 spiro atoms. The van der Waals surface area contributed by atoms with Crippen LogP contribution in [0.15, 0.2) is 132 Å². The standard InChI is InChI=1S/C12H10O.C9H13.2C6H5.CH2.2ClH.Ti/c13-12-8-4-7-11(9-12)10-5-2-1-3-6-10;1-6-5-7(2)9(4)8(6)3;2*1-2-4-6-5-3-1;;;;/h1-9,13H;6H,1-4H3;2*1-5H;1H2;2*1H;/q;3*-1;;;;. The Labute approximate surface area is 254 Å². The Kier molecular flexibility index (Phi) is 23.1. The fourth-order valence-corrected chi connectivity index (χ4v) is 3.16. The molecule has 0 aliphatic heterocycles. The van der Waals surface area contributed by atoms with E-state index < -0.39 is 0 Å². The van der Waals surface area contributed by atoms with Gasteiger partial charge < -0.3 is 5.11 Å². The van der Waals surface area contributed by atoms with Gasteiger partial charge in [-0.25, -0.2) is 5.57 Å². The molecule has 38 heavy (non-hydrogen) atoms. The molecule has 4 heteroatoms. The van der Waals surface area contributed by atoms with Gasteiger partial charge in [0.25, 0.3) is 0 Å². The van der Waals surface area contributed by atoms with Crippen LogP contribution in [0.4, 0.5) is 0 Å². The van der Waals surface area contributed by atoms with Gasteiger partial charge in [-0.1, -0.05) is 69.2 Å². The van der Waals surface area contributed by atoms with Gasteiger partial charge >= 0.3 is 24.8 Å². The van der Waals surface area contributed by atoms with Gasteiger partial charge in [-0.3, -0.25) is 6.08 Å². The van der Waals surface area contributed by atoms with Crippen LogP contribution in [-0.2, 0) is 20.0 Å². The van der Waals surface area contributed by atoms with Crippen LogP contribution in [0.3, 0.4) is 0 Å². The molecule has 0 saturated heterocycles. The SMILES string of the molecule is CC1=[C-]C(C)C(C)=C1C.Cl.Cl.Oc1cccc(-c2ccccc2)c1.[CH2]=[Ti].[c-]1ccccc1.[c-]1ccccc1. The van der Waals surface area contributed by atoms with Gasteiger partial charge in [-0.15, -0.1) is 31.7 Å². The molecule has 0 radical (unpaired) electrons. The second-order valence-corrected chi connectivity index (χ2v) is 7.87. The summed E-state index contributed by atoms with van der Waals surface area (Å²) in [7, 11) is 0. The number of phenols is 1. The van der Waals surface area contributed by atoms with E-state index in [2.05, 4.69) is 50.7 Å². The summed E-state index contributed by atoms with van der Waals surface area (Å²) in [5, 5.41) is 9.27. The summed E-state index contributed by atoms with van der Waals surface area (Å²) >= 11 is 1.75. The third-order valence-corrected chi connectivity index (χ3v) is 5.40. The number of hydrogen-bond acceptors (Lipinski definition) is 1. The first-order valence-electron chi connectivity index (χ1n) is 11.8. The molecule has 0 heterocycles. The zero-order chi connectivity index (χ0) is 26.6. The quantitative estimate of drug-likeness (QED) is 0.176. The molecule has 1 unspecified atom stereocenters. The van der Waals surface area contributed by atoms with Crippen molar-refractivity contribution in [2.75, 3.05) is 0 Å². The molecule has 1 atom stereocenters. The first kappa shape index (κ1) is 37.5. The summed E-state index contributed by atoms with van der Waals surface area (Å²) in [6.45, 7) is 8.67. The smallest absolute Gasteiger partial charge is 0.171 e. The van der Waals surface area contributed by atoms with Crippen molar-refractivity contribution < 1.29 is 25.1 Å². The Bertz CT molecular complexity index is 1080. The largest absolute Gasteiger partial charge is 0.184 e. The maximum atomic E-state index is 9.27. The molecule has 1 nitrogen and oxygen atoms in total. The Hall–Kier alpha value is -2.68. The topological polar surface area (TPSA) is 20.2 Å². The summed E-state index contributed by atoms with van der Waals surface area (Å²) < 4.78 is 0. The number of benzene rings is 4. The number of rotatable bonds is 1. The zero-order valence-electron chi connectivity index (χ0n) is 22.5. The van der Waals surface area contributed by atoms with Crippen molar-refractivity contribution in [3.05, 3.63) is 150 Å². The van der Waals surface area contributed by atoms with Crippen molar-refractivity contribution >= 4 is 29.6 Å². The molecule has 0 amide bonds. The van der Waals surface area contributed by atoms with Gasteiger partial charge in [0.1, 0.15) is 5.75 Å². The van der Waals surface area contributed by atoms with E-state index in [1.165, 1.54) is 16.7 Å². The van der Waals surface area contributed by atoms with Gasteiger partial charge in [-0.05, 0) is 23.3 Å². The molecule has 4 aromatic rings. The predicted octanol–water partition coefficient (Wildman–Crippen LogP) is 9.56. The number of hydrogen-bond donors (Lipinski definition) is 1. The van der Waals surface area contributed by atoms with Crippen molar-refractivity contribution in [3.8, 4) is 16.9 Å². The normalized spacial score (nSPS) is 12.4. The van der Waals surface area contributed by atoms with Gasteiger partial charge in [0.05, 0.1) is 0 Å². The van der Waals surface area contributed by atoms with Gasteiger partial charge in [0.2, 0.25) is 0 Å². The van der Waals surface area contributed by atoms with Gasteiger partial charge in [0.15, 0.2) is 0 Å². The monoisotopic (exact) mass is 579 g/mol. The van der Waals surface area contributed by atoms with Crippen LogP contribution < -0.4 is 0 Å². The third kappa shape index (κ3) is 15.5. The summed E-state index contributed by atoms with van der Waals surface area (Å²) in [4.78, 5) is 3.25. The van der Waals surface area contributed by atoms with Crippen LogP contribution in [0.25, 0.3) is 11.1 Å². The molecule has 200 valence electrons. The van der Waals surface area contributed by atoms with E-state index >= 15 is 0 Å². The Morgan fingerprint density at radius 2 is 1.11 bits per heavy atom. The number of halogens is 2. The number of aromatic hydroxyl groups is 1. The molecule has 4 aromatic carbocycles. The second kappa shape index (κ2) is 23.4. The van der Waals surface area contributed by atoms with Crippen molar-refractivity contribution in [2.24, 2.45) is 5.92 Å². The van der Waals surface area contributed by atoms with Crippen LogP contribution >= 0.6 is 24.8 Å². The average molecular weight is 580 g/mol. The summed E-state index contributed by atoms with van der Waals surface area (Å²) in [5.74, 6) is 0.867. The van der Waals surface area contributed by atoms with Crippen molar-refractivity contribution in [1.29, 1.82) is 0 Å². The molecule has 0 saturated carbocycles. The maximum Gasteiger partial charge on any atom is -0.171 e. The molecular weight excluding hydrogens is 543 g/mol. The van der Waals surface area contributed by atoms with Crippen LogP contribution in [0.2, 0.25) is 0 Å². The van der Waals surface area contributed by atoms with E-state index in [1.54, 1.807) is 32.1 Å². The van der Waals surface area contributed by atoms with Crippen LogP contribution in [0.5, 0.6) is 5.75 Å². The fourth-order valence-electron chi connectivity index (χ4n) is 3.16. The van der Waals surface area contributed by atoms with Crippen LogP contribution in [0, 0.1) is 24.1 Å². The maximum absolute atomic E-state index is 9.27. The zero-order valence-corrected chi connectivity index (χ0v) is 25.7. The molecule has 1 aliphatic carbocycles. The first-order chi connectivity index (χ1) is 17.5. The number of phenolic OH excluding ortho intramolecular Hbond substituents is 1. The molecule has 0 aromatic heterocycles. The van der Waals surface area contributed by atoms with Gasteiger partial charge in [0, 0.05) is 0 Å². The molecule has 1 aliphatic rings. The minimum Gasteiger partial charge on any atom is -0.184 e. The van der Waals surface area contributed by atoms with E-state index in [1.807, 2.05) is 103 Å². The molecule has 1 N–H and O–H groups in total. The van der Waals surface area contributed by atoms with E-state index in [0.29, 0.717) is 11.7 Å². The molecule has 0 bridgehead atoms. The number of allylic oxidation sites excluding steroid dienone is 4. The Morgan fingerprint density at radius 1 is 0.658 bits per heavy atom. The van der Waals surface area contributed by atoms with Crippen molar-refractivity contribution in [3.63, 3.8) is 0 Å². The summed E-state index contributed by atoms with van der Waals surface area (Å²) in [6.07, 6.45) is 3.36. The van der Waals surface area contributed by atoms with Gasteiger partial charge in [-0.2, -0.15) is 83.9 Å². The summed E-state index contributed by atoms with van der Waals surface area (Å²) in [6, 6.07) is 42.3. The fraction of sp³-hybridized carbons (Fsp3) is 0.147. The second-order valence-electron chi connectivity index (χ2n) is 7.87. The minimum atomic E-state index is 0. The predicted molar refractivity (Wildman–Crippen MR) is 166 cm³/mol. The first-order valence-corrected chi connectivity index (χ1v) is 12.9. The third-order valence-electron chi connectivity index (χ3n) is 5.40. The van der Waals surface area contributed by atoms with E-state index in [-0.39, 0.29) is 24.8 Å². The Balaban J connectivity index is 0. The summed E-state index contributed by atoms with van der Waals surface area (Å²) in [5.41, 5.74) is 6.41. The average Bonchev–Trinajstić information content (AvgIpc) is 3.18. The van der Waals surface area contributed by atoms with E-state index in [9.17, 15) is 5.11 Å². The van der Waals surface area contributed by atoms with Crippen LogP contribution in [0.1, 0.15) is 27.7 Å². The molecule has 0 fully saturated rings. The minimum absolute atomic E-state index is 0. The van der Waals surface area contributed by atoms with Crippen molar-refractivity contribution in [2.45, 2.75) is 27.7 Å². The molecular formula is C34H37Cl2OTi-3. The van der Waals surface area contributed by atoms with Crippen molar-refractivity contribution in [1.82, 2.24) is 0 Å². The van der Waals surface area contributed by atoms with Crippen LogP contribution in [-0.4, -0.2) is 9.92 Å². The Morgan fingerprint density at radius 3 is 1.39 bits per heavy atom. The van der Waals surface area contributed by atoms with E-state index in [4.69, 9.17) is 0 Å².